The van der Waals surface area contributed by atoms with Crippen LogP contribution >= 0.6 is 0 Å². The third-order valence-corrected chi connectivity index (χ3v) is 2.63. The summed E-state index contributed by atoms with van der Waals surface area (Å²) in [6, 6.07) is 4.87. The predicted molar refractivity (Wildman–Crippen MR) is 67.8 cm³/mol. The molecule has 0 saturated carbocycles. The Labute approximate surface area is 105 Å². The van der Waals surface area contributed by atoms with Crippen LogP contribution in [0.15, 0.2) is 18.2 Å². The fraction of sp³-hybridized carbons (Fsp3) is 0.417. The van der Waals surface area contributed by atoms with Crippen LogP contribution in [0.5, 0.6) is 0 Å². The first-order chi connectivity index (χ1) is 8.52. The molecule has 0 atom stereocenters. The minimum absolute atomic E-state index is 0.0885. The first-order valence-electron chi connectivity index (χ1n) is 5.72. The maximum absolute atomic E-state index is 10.7. The van der Waals surface area contributed by atoms with Crippen molar-refractivity contribution in [1.82, 2.24) is 0 Å². The van der Waals surface area contributed by atoms with Gasteiger partial charge in [0.25, 0.3) is 5.69 Å². The average Bonchev–Trinajstić information content (AvgIpc) is 2.30. The fourth-order valence-electron chi connectivity index (χ4n) is 1.64. The van der Waals surface area contributed by atoms with Crippen molar-refractivity contribution in [3.8, 4) is 0 Å². The van der Waals surface area contributed by atoms with Gasteiger partial charge in [-0.25, -0.2) is 0 Å². The summed E-state index contributed by atoms with van der Waals surface area (Å²) in [7, 11) is 0. The lowest BCUT2D eigenvalue weighted by Crippen LogP contribution is -2.05. The first kappa shape index (κ1) is 14.0. The molecule has 0 fully saturated rings. The molecule has 0 heterocycles. The van der Waals surface area contributed by atoms with E-state index in [0.29, 0.717) is 24.9 Å². The number of hydrogen-bond donors (Lipinski definition) is 2. The highest BCUT2D eigenvalue weighted by Gasteiger charge is 2.12. The van der Waals surface area contributed by atoms with Crippen molar-refractivity contribution in [2.24, 2.45) is 0 Å². The molecule has 0 aliphatic rings. The van der Waals surface area contributed by atoms with Crippen LogP contribution in [0.3, 0.4) is 0 Å². The molecule has 2 N–H and O–H groups in total. The topological polar surface area (TPSA) is 92.5 Å². The number of nitro benzene ring substituents is 1. The molecule has 0 amide bonds. The van der Waals surface area contributed by atoms with Gasteiger partial charge in [-0.1, -0.05) is 6.07 Å². The van der Waals surface area contributed by atoms with Gasteiger partial charge in [-0.3, -0.25) is 14.9 Å². The van der Waals surface area contributed by atoms with Gasteiger partial charge < -0.3 is 10.4 Å². The SMILES string of the molecule is Cc1c(NCCCCC(=O)O)cccc1[N+](=O)[O-]. The Balaban J connectivity index is 2.50. The van der Waals surface area contributed by atoms with Gasteiger partial charge in [-0.05, 0) is 25.8 Å². The maximum atomic E-state index is 10.7. The number of carbonyl (C=O) groups is 1. The predicted octanol–water partition coefficient (Wildman–Crippen LogP) is 2.57. The summed E-state index contributed by atoms with van der Waals surface area (Å²) in [4.78, 5) is 20.6. The molecule has 98 valence electrons. The quantitative estimate of drug-likeness (QED) is 0.442. The van der Waals surface area contributed by atoms with Crippen LogP contribution in [0.2, 0.25) is 0 Å². The van der Waals surface area contributed by atoms with E-state index in [1.807, 2.05) is 0 Å². The van der Waals surface area contributed by atoms with Gasteiger partial charge in [0.1, 0.15) is 0 Å². The number of carboxylic acid groups (broad SMARTS) is 1. The molecule has 0 aliphatic carbocycles. The summed E-state index contributed by atoms with van der Waals surface area (Å²) in [5.41, 5.74) is 1.41. The molecule has 0 saturated heterocycles. The maximum Gasteiger partial charge on any atom is 0.303 e. The monoisotopic (exact) mass is 252 g/mol. The molecule has 1 rings (SSSR count). The highest BCUT2D eigenvalue weighted by atomic mass is 16.6. The van der Waals surface area contributed by atoms with E-state index in [4.69, 9.17) is 5.11 Å². The third-order valence-electron chi connectivity index (χ3n) is 2.63. The summed E-state index contributed by atoms with van der Waals surface area (Å²) >= 11 is 0. The number of benzene rings is 1. The van der Waals surface area contributed by atoms with Crippen molar-refractivity contribution >= 4 is 17.3 Å². The minimum atomic E-state index is -0.804. The van der Waals surface area contributed by atoms with E-state index >= 15 is 0 Å². The van der Waals surface area contributed by atoms with Crippen molar-refractivity contribution in [3.05, 3.63) is 33.9 Å². The number of aliphatic carboxylic acids is 1. The molecular formula is C12H16N2O4. The number of anilines is 1. The number of carboxylic acids is 1. The number of unbranched alkanes of at least 4 members (excludes halogenated alkanes) is 1. The van der Waals surface area contributed by atoms with Gasteiger partial charge in [0.15, 0.2) is 0 Å². The molecule has 0 aliphatic heterocycles. The second-order valence-electron chi connectivity index (χ2n) is 3.98. The largest absolute Gasteiger partial charge is 0.481 e. The van der Waals surface area contributed by atoms with E-state index in [1.54, 1.807) is 19.1 Å². The summed E-state index contributed by atoms with van der Waals surface area (Å²) < 4.78 is 0. The zero-order valence-corrected chi connectivity index (χ0v) is 10.2. The molecular weight excluding hydrogens is 236 g/mol. The summed E-state index contributed by atoms with van der Waals surface area (Å²) in [5.74, 6) is -0.804. The van der Waals surface area contributed by atoms with E-state index in [-0.39, 0.29) is 12.1 Å². The van der Waals surface area contributed by atoms with Crippen molar-refractivity contribution < 1.29 is 14.8 Å². The number of nitro groups is 1. The lowest BCUT2D eigenvalue weighted by Gasteiger charge is -2.09. The van der Waals surface area contributed by atoms with E-state index in [1.165, 1.54) is 6.07 Å². The van der Waals surface area contributed by atoms with Gasteiger partial charge in [0.05, 0.1) is 4.92 Å². The van der Waals surface area contributed by atoms with Crippen LogP contribution in [-0.4, -0.2) is 22.5 Å². The highest BCUT2D eigenvalue weighted by molar-refractivity contribution is 5.66. The minimum Gasteiger partial charge on any atom is -0.481 e. The van der Waals surface area contributed by atoms with Gasteiger partial charge in [0.2, 0.25) is 0 Å². The molecule has 0 radical (unpaired) electrons. The molecule has 0 aromatic heterocycles. The smallest absolute Gasteiger partial charge is 0.303 e. The molecule has 0 spiro atoms. The Bertz CT molecular complexity index is 446. The molecule has 6 nitrogen and oxygen atoms in total. The van der Waals surface area contributed by atoms with Gasteiger partial charge in [-0.2, -0.15) is 0 Å². The van der Waals surface area contributed by atoms with Gasteiger partial charge in [-0.15, -0.1) is 0 Å². The van der Waals surface area contributed by atoms with Crippen LogP contribution in [-0.2, 0) is 4.79 Å². The van der Waals surface area contributed by atoms with Crippen LogP contribution in [0, 0.1) is 17.0 Å². The number of nitrogens with one attached hydrogen (secondary N) is 1. The molecule has 1 aromatic rings. The zero-order chi connectivity index (χ0) is 13.5. The number of rotatable bonds is 7. The van der Waals surface area contributed by atoms with Crippen LogP contribution in [0.25, 0.3) is 0 Å². The van der Waals surface area contributed by atoms with E-state index in [2.05, 4.69) is 5.32 Å². The Hall–Kier alpha value is -2.11. The normalized spacial score (nSPS) is 10.1. The molecule has 18 heavy (non-hydrogen) atoms. The Kier molecular flexibility index (Phi) is 5.10. The average molecular weight is 252 g/mol. The molecule has 6 heteroatoms. The second-order valence-corrected chi connectivity index (χ2v) is 3.98. The lowest BCUT2D eigenvalue weighted by atomic mass is 10.1. The van der Waals surface area contributed by atoms with Crippen LogP contribution in [0.1, 0.15) is 24.8 Å². The summed E-state index contributed by atoms with van der Waals surface area (Å²) in [6.45, 7) is 2.30. The fourth-order valence-corrected chi connectivity index (χ4v) is 1.64. The van der Waals surface area contributed by atoms with Gasteiger partial charge >= 0.3 is 5.97 Å². The van der Waals surface area contributed by atoms with Crippen LogP contribution in [0.4, 0.5) is 11.4 Å². The third kappa shape index (κ3) is 4.04. The standard InChI is InChI=1S/C12H16N2O4/c1-9-10(5-4-6-11(9)14(17)18)13-8-3-2-7-12(15)16/h4-6,13H,2-3,7-8H2,1H3,(H,15,16). The van der Waals surface area contributed by atoms with Crippen molar-refractivity contribution in [1.29, 1.82) is 0 Å². The van der Waals surface area contributed by atoms with Crippen molar-refractivity contribution in [2.75, 3.05) is 11.9 Å². The molecule has 0 unspecified atom stereocenters. The summed E-state index contributed by atoms with van der Waals surface area (Å²) in [5, 5.41) is 22.3. The Morgan fingerprint density at radius 3 is 2.78 bits per heavy atom. The van der Waals surface area contributed by atoms with Crippen LogP contribution < -0.4 is 5.32 Å². The zero-order valence-electron chi connectivity index (χ0n) is 10.2. The molecule has 1 aromatic carbocycles. The second kappa shape index (κ2) is 6.58. The van der Waals surface area contributed by atoms with E-state index in [0.717, 1.165) is 5.69 Å². The Morgan fingerprint density at radius 1 is 1.44 bits per heavy atom. The summed E-state index contributed by atoms with van der Waals surface area (Å²) in [6.07, 6.45) is 1.46. The number of nitrogens with zero attached hydrogens (tertiary/aromatic N) is 1. The Morgan fingerprint density at radius 2 is 2.17 bits per heavy atom. The van der Waals surface area contributed by atoms with E-state index < -0.39 is 10.9 Å². The number of hydrogen-bond acceptors (Lipinski definition) is 4. The lowest BCUT2D eigenvalue weighted by molar-refractivity contribution is -0.385. The molecule has 0 bridgehead atoms. The first-order valence-corrected chi connectivity index (χ1v) is 5.72. The van der Waals surface area contributed by atoms with Crippen molar-refractivity contribution in [3.63, 3.8) is 0 Å². The van der Waals surface area contributed by atoms with Gasteiger partial charge in [0, 0.05) is 30.3 Å². The van der Waals surface area contributed by atoms with E-state index in [9.17, 15) is 14.9 Å². The van der Waals surface area contributed by atoms with Crippen molar-refractivity contribution in [2.45, 2.75) is 26.2 Å². The highest BCUT2D eigenvalue weighted by Crippen LogP contribution is 2.24.